The van der Waals surface area contributed by atoms with Crippen molar-refractivity contribution in [1.29, 1.82) is 0 Å². The van der Waals surface area contributed by atoms with Crippen molar-refractivity contribution < 1.29 is 28.6 Å². The molecule has 0 aromatic carbocycles. The highest BCUT2D eigenvalue weighted by molar-refractivity contribution is 5.71. The Labute approximate surface area is 433 Å². The lowest BCUT2D eigenvalue weighted by Gasteiger charge is -2.18. The van der Waals surface area contributed by atoms with Crippen LogP contribution in [0, 0.1) is 0 Å². The van der Waals surface area contributed by atoms with Gasteiger partial charge in [-0.1, -0.05) is 215 Å². The maximum absolute atomic E-state index is 12.8. The van der Waals surface area contributed by atoms with Crippen molar-refractivity contribution in [1.82, 2.24) is 0 Å². The van der Waals surface area contributed by atoms with E-state index in [0.717, 1.165) is 116 Å². The van der Waals surface area contributed by atoms with E-state index in [4.69, 9.17) is 14.2 Å². The fraction of sp³-hybridized carbons (Fsp3) is 0.462. The molecule has 71 heavy (non-hydrogen) atoms. The van der Waals surface area contributed by atoms with Crippen molar-refractivity contribution in [2.24, 2.45) is 0 Å². The van der Waals surface area contributed by atoms with Crippen LogP contribution < -0.4 is 0 Å². The first-order chi connectivity index (χ1) is 35.0. The van der Waals surface area contributed by atoms with Gasteiger partial charge in [-0.05, 0) is 135 Å². The molecule has 0 heterocycles. The number of unbranched alkanes of at least 4 members (excludes halogenated alkanes) is 2. The second-order valence-electron chi connectivity index (χ2n) is 16.6. The number of rotatable bonds is 45. The molecule has 0 rings (SSSR count). The van der Waals surface area contributed by atoms with Crippen LogP contribution in [0.1, 0.15) is 175 Å². The van der Waals surface area contributed by atoms with Gasteiger partial charge in [-0.2, -0.15) is 0 Å². The maximum Gasteiger partial charge on any atom is 0.306 e. The van der Waals surface area contributed by atoms with E-state index in [1.54, 1.807) is 0 Å². The number of ether oxygens (including phenoxy) is 3. The first-order valence-electron chi connectivity index (χ1n) is 26.9. The van der Waals surface area contributed by atoms with Crippen LogP contribution in [-0.4, -0.2) is 37.2 Å². The van der Waals surface area contributed by atoms with Crippen LogP contribution in [0.15, 0.2) is 194 Å². The van der Waals surface area contributed by atoms with Gasteiger partial charge < -0.3 is 14.2 Å². The van der Waals surface area contributed by atoms with Gasteiger partial charge in [0.1, 0.15) is 13.2 Å². The van der Waals surface area contributed by atoms with Gasteiger partial charge in [0.15, 0.2) is 6.10 Å². The average Bonchev–Trinajstić information content (AvgIpc) is 3.37. The first-order valence-corrected chi connectivity index (χ1v) is 26.9. The standard InChI is InChI=1S/C65H94O6/c1-4-7-10-13-16-19-22-25-28-31-32-35-38-41-44-47-50-53-56-59-65(68)71-62(60-69-63(66)57-54-51-48-45-42-39-36-33-29-26-23-20-17-14-11-8-5-2)61-70-64(67)58-55-52-49-46-43-40-37-34-30-27-24-21-18-15-12-9-6-3/h7-12,16-21,25-30,32,35-37,39-41,44-46,48-50,53,62H,4-6,13-15,22-24,31,33-34,38,42-43,47,51-52,54-61H2,1-3H3/b10-7+,11-8+,12-9+,19-16+,20-17+,21-18+,28-25+,29-26+,30-27+,35-32+,39-36+,40-37+,44-41+,48-45+,49-46+,53-50+. The van der Waals surface area contributed by atoms with Crippen molar-refractivity contribution >= 4 is 17.9 Å². The summed E-state index contributed by atoms with van der Waals surface area (Å²) in [5.74, 6) is -1.18. The van der Waals surface area contributed by atoms with Crippen LogP contribution in [0.3, 0.4) is 0 Å². The third-order valence-electron chi connectivity index (χ3n) is 10.1. The van der Waals surface area contributed by atoms with Crippen molar-refractivity contribution in [2.75, 3.05) is 13.2 Å². The number of hydrogen-bond acceptors (Lipinski definition) is 6. The predicted octanol–water partition coefficient (Wildman–Crippen LogP) is 18.3. The Kier molecular flexibility index (Phi) is 52.2. The van der Waals surface area contributed by atoms with E-state index >= 15 is 0 Å². The van der Waals surface area contributed by atoms with Gasteiger partial charge in [-0.25, -0.2) is 0 Å². The monoisotopic (exact) mass is 971 g/mol. The quantitative estimate of drug-likeness (QED) is 0.0262. The topological polar surface area (TPSA) is 78.9 Å². The van der Waals surface area contributed by atoms with E-state index in [0.29, 0.717) is 19.3 Å². The number of carbonyl (C=O) groups is 3. The van der Waals surface area contributed by atoms with E-state index in [2.05, 4.69) is 203 Å². The first kappa shape index (κ1) is 65.2. The minimum atomic E-state index is -0.877. The van der Waals surface area contributed by atoms with Crippen LogP contribution in [0.25, 0.3) is 0 Å². The summed E-state index contributed by atoms with van der Waals surface area (Å²) in [4.78, 5) is 38.0. The second kappa shape index (κ2) is 56.8. The van der Waals surface area contributed by atoms with E-state index < -0.39 is 12.1 Å². The SMILES string of the molecule is CC/C=C/C/C=C/C/C=C/C/C=C/C/C=C/C/C=C/CCC(=O)OC(COC(=O)CCC/C=C/C/C=C/C/C=C/C/C=C/C/C=C/CC)COC(=O)CCC/C=C/C/C=C/C/C=C/C/C=C/C/C=C/CC. The molecule has 0 aliphatic heterocycles. The Balaban J connectivity index is 4.74. The lowest BCUT2D eigenvalue weighted by molar-refractivity contribution is -0.166. The van der Waals surface area contributed by atoms with Gasteiger partial charge in [-0.15, -0.1) is 0 Å². The summed E-state index contributed by atoms with van der Waals surface area (Å²) in [5, 5.41) is 0. The van der Waals surface area contributed by atoms with Gasteiger partial charge >= 0.3 is 17.9 Å². The maximum atomic E-state index is 12.8. The zero-order valence-electron chi connectivity index (χ0n) is 44.4. The number of allylic oxidation sites excluding steroid dienone is 32. The molecule has 6 heteroatoms. The molecule has 0 saturated carbocycles. The Morgan fingerprint density at radius 3 is 0.761 bits per heavy atom. The molecular formula is C65H94O6. The van der Waals surface area contributed by atoms with Gasteiger partial charge in [-0.3, -0.25) is 14.4 Å². The molecule has 6 nitrogen and oxygen atoms in total. The molecule has 0 aromatic rings. The summed E-state index contributed by atoms with van der Waals surface area (Å²) in [7, 11) is 0. The van der Waals surface area contributed by atoms with E-state index in [-0.39, 0.29) is 44.4 Å². The molecule has 0 bridgehead atoms. The zero-order chi connectivity index (χ0) is 51.4. The van der Waals surface area contributed by atoms with E-state index in [9.17, 15) is 14.4 Å². The molecule has 0 radical (unpaired) electrons. The third-order valence-corrected chi connectivity index (χ3v) is 10.1. The molecule has 0 fully saturated rings. The Bertz CT molecular complexity index is 1700. The minimum absolute atomic E-state index is 0.167. The average molecular weight is 971 g/mol. The molecule has 0 atom stereocenters. The normalized spacial score (nSPS) is 13.3. The van der Waals surface area contributed by atoms with Crippen LogP contribution in [0.5, 0.6) is 0 Å². The van der Waals surface area contributed by atoms with Gasteiger partial charge in [0, 0.05) is 19.3 Å². The fourth-order valence-electron chi connectivity index (χ4n) is 6.18. The zero-order valence-corrected chi connectivity index (χ0v) is 44.4. The van der Waals surface area contributed by atoms with Crippen LogP contribution >= 0.6 is 0 Å². The summed E-state index contributed by atoms with van der Waals surface area (Å²) in [6.07, 6.45) is 87.2. The fourth-order valence-corrected chi connectivity index (χ4v) is 6.18. The van der Waals surface area contributed by atoms with Gasteiger partial charge in [0.05, 0.1) is 0 Å². The highest BCUT2D eigenvalue weighted by atomic mass is 16.6. The summed E-state index contributed by atoms with van der Waals surface area (Å²) < 4.78 is 16.6. The highest BCUT2D eigenvalue weighted by Gasteiger charge is 2.19. The minimum Gasteiger partial charge on any atom is -0.462 e. The predicted molar refractivity (Wildman–Crippen MR) is 306 cm³/mol. The number of hydrogen-bond donors (Lipinski definition) is 0. The molecule has 0 amide bonds. The largest absolute Gasteiger partial charge is 0.462 e. The molecule has 0 spiro atoms. The van der Waals surface area contributed by atoms with Crippen LogP contribution in [-0.2, 0) is 28.6 Å². The smallest absolute Gasteiger partial charge is 0.306 e. The molecule has 0 saturated heterocycles. The highest BCUT2D eigenvalue weighted by Crippen LogP contribution is 2.08. The second-order valence-corrected chi connectivity index (χ2v) is 16.6. The van der Waals surface area contributed by atoms with E-state index in [1.807, 2.05) is 12.2 Å². The van der Waals surface area contributed by atoms with E-state index in [1.165, 1.54) is 0 Å². The molecule has 390 valence electrons. The molecule has 0 unspecified atom stereocenters. The molecule has 0 aliphatic carbocycles. The van der Waals surface area contributed by atoms with Crippen molar-refractivity contribution in [2.45, 2.75) is 181 Å². The Morgan fingerprint density at radius 2 is 0.507 bits per heavy atom. The van der Waals surface area contributed by atoms with Crippen molar-refractivity contribution in [3.8, 4) is 0 Å². The lowest BCUT2D eigenvalue weighted by atomic mass is 10.2. The summed E-state index contributed by atoms with van der Waals surface area (Å²) in [6, 6.07) is 0. The molecule has 0 aliphatic rings. The Hall–Kier alpha value is -5.75. The third kappa shape index (κ3) is 55.1. The Morgan fingerprint density at radius 1 is 0.282 bits per heavy atom. The molecule has 0 aromatic heterocycles. The van der Waals surface area contributed by atoms with Crippen molar-refractivity contribution in [3.05, 3.63) is 194 Å². The van der Waals surface area contributed by atoms with Crippen LogP contribution in [0.4, 0.5) is 0 Å². The lowest BCUT2D eigenvalue weighted by Crippen LogP contribution is -2.30. The van der Waals surface area contributed by atoms with Crippen molar-refractivity contribution in [3.63, 3.8) is 0 Å². The summed E-state index contributed by atoms with van der Waals surface area (Å²) in [5.41, 5.74) is 0. The number of esters is 3. The van der Waals surface area contributed by atoms with Crippen LogP contribution in [0.2, 0.25) is 0 Å². The summed E-state index contributed by atoms with van der Waals surface area (Å²) >= 11 is 0. The molecular weight excluding hydrogens is 877 g/mol. The number of carbonyl (C=O) groups excluding carboxylic acids is 3. The van der Waals surface area contributed by atoms with Gasteiger partial charge in [0.2, 0.25) is 0 Å². The molecule has 0 N–H and O–H groups in total. The van der Waals surface area contributed by atoms with Gasteiger partial charge in [0.25, 0.3) is 0 Å². The summed E-state index contributed by atoms with van der Waals surface area (Å²) in [6.45, 7) is 6.10.